The number of pyridine rings is 1. The minimum absolute atomic E-state index is 0.294. The fraction of sp³-hybridized carbons (Fsp3) is 0.136. The molecular weight excluding hydrogens is 414 g/mol. The lowest BCUT2D eigenvalue weighted by Crippen LogP contribution is -2.04. The molecule has 0 atom stereocenters. The summed E-state index contributed by atoms with van der Waals surface area (Å²) in [6, 6.07) is 14.8. The molecule has 0 aliphatic carbocycles. The second kappa shape index (κ2) is 8.97. The molecule has 0 radical (unpaired) electrons. The van der Waals surface area contributed by atoms with E-state index in [-0.39, 0.29) is 5.88 Å². The summed E-state index contributed by atoms with van der Waals surface area (Å²) in [6.45, 7) is 4.28. The quantitative estimate of drug-likeness (QED) is 0.209. The molecule has 1 aromatic carbocycles. The van der Waals surface area contributed by atoms with Gasteiger partial charge in [-0.3, -0.25) is 19.7 Å². The highest BCUT2D eigenvalue weighted by atomic mass is 32.2. The van der Waals surface area contributed by atoms with E-state index in [1.54, 1.807) is 29.9 Å². The van der Waals surface area contributed by atoms with Crippen LogP contribution in [0.3, 0.4) is 0 Å². The Morgan fingerprint density at radius 2 is 1.97 bits per heavy atom. The van der Waals surface area contributed by atoms with Crippen molar-refractivity contribution < 1.29 is 9.34 Å². The smallest absolute Gasteiger partial charge is 0.401 e. The van der Waals surface area contributed by atoms with Crippen molar-refractivity contribution in [2.45, 2.75) is 24.9 Å². The second-order valence-corrected chi connectivity index (χ2v) is 7.82. The molecular formula is C22H19N5O3S. The van der Waals surface area contributed by atoms with E-state index in [1.807, 2.05) is 34.9 Å². The third kappa shape index (κ3) is 4.41. The minimum atomic E-state index is -0.565. The van der Waals surface area contributed by atoms with E-state index in [0.29, 0.717) is 22.7 Å². The summed E-state index contributed by atoms with van der Waals surface area (Å²) >= 11 is 1.35. The third-order valence-electron chi connectivity index (χ3n) is 4.55. The first kappa shape index (κ1) is 20.5. The van der Waals surface area contributed by atoms with Gasteiger partial charge in [0.05, 0.1) is 11.8 Å². The number of furan rings is 1. The number of hydrogen-bond donors (Lipinski definition) is 0. The molecule has 4 aromatic rings. The van der Waals surface area contributed by atoms with Gasteiger partial charge < -0.3 is 4.42 Å². The van der Waals surface area contributed by atoms with Crippen LogP contribution in [0.4, 0.5) is 5.88 Å². The van der Waals surface area contributed by atoms with Crippen molar-refractivity contribution in [2.75, 3.05) is 0 Å². The molecule has 0 unspecified atom stereocenters. The maximum atomic E-state index is 10.8. The molecule has 0 amide bonds. The standard InChI is InChI=1S/C22H19N5O3S/c1-15(2)18-7-3-4-8-19(18)26-21(16-6-5-12-23-14-16)24-25-22(26)31-13-11-17-9-10-20(30-17)27(28)29/h3-15H,1-2H3/b13-11+. The molecule has 0 spiro atoms. The van der Waals surface area contributed by atoms with Crippen molar-refractivity contribution in [1.29, 1.82) is 0 Å². The molecule has 8 nitrogen and oxygen atoms in total. The Morgan fingerprint density at radius 3 is 2.68 bits per heavy atom. The van der Waals surface area contributed by atoms with Crippen LogP contribution in [0.1, 0.15) is 31.1 Å². The Hall–Kier alpha value is -3.72. The molecule has 3 aromatic heterocycles. The summed E-state index contributed by atoms with van der Waals surface area (Å²) < 4.78 is 7.18. The normalized spacial score (nSPS) is 11.5. The molecule has 0 bridgehead atoms. The predicted octanol–water partition coefficient (Wildman–Crippen LogP) is 5.72. The molecule has 0 saturated carbocycles. The van der Waals surface area contributed by atoms with Gasteiger partial charge in [-0.15, -0.1) is 10.2 Å². The van der Waals surface area contributed by atoms with Crippen LogP contribution in [-0.4, -0.2) is 24.7 Å². The van der Waals surface area contributed by atoms with Gasteiger partial charge in [-0.1, -0.05) is 43.8 Å². The number of thioether (sulfide) groups is 1. The molecule has 4 rings (SSSR count). The lowest BCUT2D eigenvalue weighted by atomic mass is 10.0. The van der Waals surface area contributed by atoms with E-state index in [2.05, 4.69) is 35.1 Å². The van der Waals surface area contributed by atoms with E-state index < -0.39 is 4.92 Å². The monoisotopic (exact) mass is 433 g/mol. The molecule has 31 heavy (non-hydrogen) atoms. The van der Waals surface area contributed by atoms with E-state index in [0.717, 1.165) is 11.3 Å². The maximum Gasteiger partial charge on any atom is 0.433 e. The van der Waals surface area contributed by atoms with Gasteiger partial charge in [0, 0.05) is 18.0 Å². The molecule has 3 heterocycles. The Bertz CT molecular complexity index is 1230. The SMILES string of the molecule is CC(C)c1ccccc1-n1c(S/C=C/c2ccc([N+](=O)[O-])o2)nnc1-c1cccnc1. The van der Waals surface area contributed by atoms with Gasteiger partial charge in [0.25, 0.3) is 0 Å². The van der Waals surface area contributed by atoms with Crippen molar-refractivity contribution in [3.63, 3.8) is 0 Å². The van der Waals surface area contributed by atoms with Crippen LogP contribution >= 0.6 is 11.8 Å². The first-order valence-corrected chi connectivity index (χ1v) is 10.4. The van der Waals surface area contributed by atoms with E-state index in [4.69, 9.17) is 4.42 Å². The highest BCUT2D eigenvalue weighted by molar-refractivity contribution is 8.02. The fourth-order valence-electron chi connectivity index (χ4n) is 3.12. The van der Waals surface area contributed by atoms with Gasteiger partial charge in [-0.25, -0.2) is 0 Å². The van der Waals surface area contributed by atoms with Crippen LogP contribution in [0.5, 0.6) is 0 Å². The third-order valence-corrected chi connectivity index (χ3v) is 5.30. The van der Waals surface area contributed by atoms with Crippen molar-refractivity contribution in [3.05, 3.63) is 87.8 Å². The Kier molecular flexibility index (Phi) is 5.94. The maximum absolute atomic E-state index is 10.8. The Balaban J connectivity index is 1.74. The predicted molar refractivity (Wildman–Crippen MR) is 119 cm³/mol. The number of nitro groups is 1. The molecule has 0 N–H and O–H groups in total. The summed E-state index contributed by atoms with van der Waals surface area (Å²) in [5.41, 5.74) is 3.01. The van der Waals surface area contributed by atoms with E-state index in [9.17, 15) is 10.1 Å². The van der Waals surface area contributed by atoms with Crippen LogP contribution < -0.4 is 0 Å². The summed E-state index contributed by atoms with van der Waals surface area (Å²) in [6.07, 6.45) is 5.13. The second-order valence-electron chi connectivity index (χ2n) is 6.95. The topological polar surface area (TPSA) is 99.9 Å². The zero-order valence-corrected chi connectivity index (χ0v) is 17.7. The van der Waals surface area contributed by atoms with Crippen LogP contribution in [-0.2, 0) is 0 Å². The van der Waals surface area contributed by atoms with Crippen molar-refractivity contribution in [3.8, 4) is 17.1 Å². The number of rotatable bonds is 7. The first-order valence-electron chi connectivity index (χ1n) is 9.57. The van der Waals surface area contributed by atoms with Gasteiger partial charge in [-0.05, 0) is 47.2 Å². The van der Waals surface area contributed by atoms with Gasteiger partial charge in [0.15, 0.2) is 11.0 Å². The van der Waals surface area contributed by atoms with Gasteiger partial charge in [0.1, 0.15) is 10.7 Å². The summed E-state index contributed by atoms with van der Waals surface area (Å²) in [4.78, 5) is 14.4. The van der Waals surface area contributed by atoms with Gasteiger partial charge in [0.2, 0.25) is 0 Å². The zero-order chi connectivity index (χ0) is 21.8. The Labute approximate surface area is 182 Å². The molecule has 9 heteroatoms. The van der Waals surface area contributed by atoms with E-state index >= 15 is 0 Å². The van der Waals surface area contributed by atoms with Crippen LogP contribution in [0.2, 0.25) is 0 Å². The molecule has 0 aliphatic heterocycles. The summed E-state index contributed by atoms with van der Waals surface area (Å²) in [5.74, 6) is 1.08. The van der Waals surface area contributed by atoms with Crippen LogP contribution in [0, 0.1) is 10.1 Å². The lowest BCUT2D eigenvalue weighted by Gasteiger charge is -2.16. The van der Waals surface area contributed by atoms with Crippen LogP contribution in [0.15, 0.2) is 75.9 Å². The average molecular weight is 433 g/mol. The highest BCUT2D eigenvalue weighted by Crippen LogP contribution is 2.32. The van der Waals surface area contributed by atoms with E-state index in [1.165, 1.54) is 23.4 Å². The molecule has 0 fully saturated rings. The number of para-hydroxylation sites is 1. The van der Waals surface area contributed by atoms with Gasteiger partial charge in [-0.2, -0.15) is 0 Å². The highest BCUT2D eigenvalue weighted by Gasteiger charge is 2.19. The van der Waals surface area contributed by atoms with Crippen molar-refractivity contribution in [2.24, 2.45) is 0 Å². The average Bonchev–Trinajstić information content (AvgIpc) is 3.42. The molecule has 0 saturated heterocycles. The molecule has 0 aliphatic rings. The number of hydrogen-bond acceptors (Lipinski definition) is 7. The summed E-state index contributed by atoms with van der Waals surface area (Å²) in [7, 11) is 0. The lowest BCUT2D eigenvalue weighted by molar-refractivity contribution is -0.402. The first-order chi connectivity index (χ1) is 15.0. The summed E-state index contributed by atoms with van der Waals surface area (Å²) in [5, 5.41) is 22.0. The Morgan fingerprint density at radius 1 is 1.13 bits per heavy atom. The van der Waals surface area contributed by atoms with Crippen LogP contribution in [0.25, 0.3) is 23.2 Å². The fourth-order valence-corrected chi connectivity index (χ4v) is 3.82. The minimum Gasteiger partial charge on any atom is -0.401 e. The van der Waals surface area contributed by atoms with Gasteiger partial charge >= 0.3 is 5.88 Å². The van der Waals surface area contributed by atoms with Crippen molar-refractivity contribution in [1.82, 2.24) is 19.7 Å². The number of aromatic nitrogens is 4. The largest absolute Gasteiger partial charge is 0.433 e. The number of nitrogens with zero attached hydrogens (tertiary/aromatic N) is 5. The zero-order valence-electron chi connectivity index (χ0n) is 16.9. The molecule has 156 valence electrons. The number of benzene rings is 1. The van der Waals surface area contributed by atoms with Crippen molar-refractivity contribution >= 4 is 23.7 Å².